The van der Waals surface area contributed by atoms with Crippen molar-refractivity contribution in [3.05, 3.63) is 47.0 Å². The summed E-state index contributed by atoms with van der Waals surface area (Å²) in [5.74, 6) is 0. The minimum Gasteiger partial charge on any atom is -0.431 e. The number of fused-ring (bicyclic) bond motifs is 3. The lowest BCUT2D eigenvalue weighted by molar-refractivity contribution is 0.518. The Morgan fingerprint density at radius 1 is 1.07 bits per heavy atom. The third-order valence-corrected chi connectivity index (χ3v) is 3.34. The molecule has 0 bridgehead atoms. The van der Waals surface area contributed by atoms with Crippen LogP contribution >= 0.6 is 11.3 Å². The van der Waals surface area contributed by atoms with Gasteiger partial charge >= 0.3 is 5.63 Å². The van der Waals surface area contributed by atoms with Gasteiger partial charge in [0.15, 0.2) is 0 Å². The Hall–Kier alpha value is -1.61. The molecule has 14 heavy (non-hydrogen) atoms. The van der Waals surface area contributed by atoms with Crippen LogP contribution in [0, 0.1) is 0 Å². The van der Waals surface area contributed by atoms with E-state index in [-0.39, 0.29) is 5.63 Å². The normalized spacial score (nSPS) is 11.1. The van der Waals surface area contributed by atoms with Crippen molar-refractivity contribution in [3.8, 4) is 0 Å². The Morgan fingerprint density at radius 3 is 2.86 bits per heavy atom. The SMILES string of the molecule is O=c1cc2sc3ccccc3c2co1. The number of benzene rings is 1. The molecule has 0 amide bonds. The minimum absolute atomic E-state index is 0.288. The average Bonchev–Trinajstić information content (AvgIpc) is 2.54. The highest BCUT2D eigenvalue weighted by molar-refractivity contribution is 7.25. The fourth-order valence-corrected chi connectivity index (χ4v) is 2.67. The van der Waals surface area contributed by atoms with Crippen molar-refractivity contribution in [2.75, 3.05) is 0 Å². The lowest BCUT2D eigenvalue weighted by Gasteiger charge is -1.87. The first-order chi connectivity index (χ1) is 6.84. The molecule has 3 aromatic rings. The standard InChI is InChI=1S/C11H6O2S/c12-11-5-10-8(6-13-11)7-3-1-2-4-9(7)14-10/h1-6H. The van der Waals surface area contributed by atoms with Crippen LogP contribution in [0.1, 0.15) is 0 Å². The van der Waals surface area contributed by atoms with Gasteiger partial charge in [0.1, 0.15) is 6.26 Å². The maximum Gasteiger partial charge on any atom is 0.337 e. The highest BCUT2D eigenvalue weighted by atomic mass is 32.1. The van der Waals surface area contributed by atoms with Gasteiger partial charge in [-0.05, 0) is 6.07 Å². The smallest absolute Gasteiger partial charge is 0.337 e. The van der Waals surface area contributed by atoms with Gasteiger partial charge in [-0.2, -0.15) is 0 Å². The molecule has 68 valence electrons. The molecular weight excluding hydrogens is 196 g/mol. The fourth-order valence-electron chi connectivity index (χ4n) is 1.57. The third kappa shape index (κ3) is 0.992. The van der Waals surface area contributed by atoms with Gasteiger partial charge in [-0.15, -0.1) is 11.3 Å². The summed E-state index contributed by atoms with van der Waals surface area (Å²) in [5, 5.41) is 2.17. The molecule has 0 spiro atoms. The van der Waals surface area contributed by atoms with Crippen LogP contribution in [0.25, 0.3) is 20.2 Å². The molecule has 0 N–H and O–H groups in total. The Bertz CT molecular complexity index is 663. The molecule has 2 nitrogen and oxygen atoms in total. The molecule has 2 heterocycles. The van der Waals surface area contributed by atoms with Crippen LogP contribution in [-0.4, -0.2) is 0 Å². The van der Waals surface area contributed by atoms with Crippen LogP contribution in [-0.2, 0) is 0 Å². The van der Waals surface area contributed by atoms with Gasteiger partial charge in [0.05, 0.1) is 0 Å². The predicted molar refractivity (Wildman–Crippen MR) is 57.9 cm³/mol. The molecule has 0 saturated carbocycles. The maximum atomic E-state index is 11.0. The average molecular weight is 202 g/mol. The second-order valence-corrected chi connectivity index (χ2v) is 4.16. The Labute approximate surface area is 83.4 Å². The van der Waals surface area contributed by atoms with Gasteiger partial charge in [0, 0.05) is 26.2 Å². The first-order valence-electron chi connectivity index (χ1n) is 4.25. The molecule has 0 aliphatic heterocycles. The maximum absolute atomic E-state index is 11.0. The topological polar surface area (TPSA) is 30.2 Å². The molecule has 0 aliphatic rings. The van der Waals surface area contributed by atoms with Crippen LogP contribution in [0.15, 0.2) is 45.8 Å². The van der Waals surface area contributed by atoms with E-state index in [9.17, 15) is 4.79 Å². The Kier molecular flexibility index (Phi) is 1.49. The van der Waals surface area contributed by atoms with E-state index < -0.39 is 0 Å². The van der Waals surface area contributed by atoms with Crippen LogP contribution in [0.5, 0.6) is 0 Å². The van der Waals surface area contributed by atoms with E-state index in [1.807, 2.05) is 24.3 Å². The highest BCUT2D eigenvalue weighted by Crippen LogP contribution is 2.32. The van der Waals surface area contributed by atoms with Gasteiger partial charge in [0.25, 0.3) is 0 Å². The lowest BCUT2D eigenvalue weighted by atomic mass is 10.2. The van der Waals surface area contributed by atoms with Crippen molar-refractivity contribution in [3.63, 3.8) is 0 Å². The Morgan fingerprint density at radius 2 is 1.93 bits per heavy atom. The summed E-state index contributed by atoms with van der Waals surface area (Å²) in [5.41, 5.74) is -0.288. The summed E-state index contributed by atoms with van der Waals surface area (Å²) in [4.78, 5) is 11.0. The molecule has 2 aromatic heterocycles. The third-order valence-electron chi connectivity index (χ3n) is 2.20. The number of thiophene rings is 1. The molecular formula is C11H6O2S. The van der Waals surface area contributed by atoms with Gasteiger partial charge in [0.2, 0.25) is 0 Å². The number of hydrogen-bond donors (Lipinski definition) is 0. The summed E-state index contributed by atoms with van der Waals surface area (Å²) in [7, 11) is 0. The zero-order valence-electron chi connectivity index (χ0n) is 7.19. The van der Waals surface area contributed by atoms with Crippen LogP contribution in [0.3, 0.4) is 0 Å². The first-order valence-corrected chi connectivity index (χ1v) is 5.06. The summed E-state index contributed by atoms with van der Waals surface area (Å²) in [6, 6.07) is 9.60. The summed E-state index contributed by atoms with van der Waals surface area (Å²) in [6.45, 7) is 0. The van der Waals surface area contributed by atoms with E-state index in [2.05, 4.69) is 0 Å². The zero-order chi connectivity index (χ0) is 9.54. The molecule has 3 heteroatoms. The van der Waals surface area contributed by atoms with Crippen molar-refractivity contribution in [2.24, 2.45) is 0 Å². The van der Waals surface area contributed by atoms with E-state index in [0.717, 1.165) is 15.5 Å². The lowest BCUT2D eigenvalue weighted by Crippen LogP contribution is -1.91. The van der Waals surface area contributed by atoms with Crippen molar-refractivity contribution in [2.45, 2.75) is 0 Å². The second-order valence-electron chi connectivity index (χ2n) is 3.08. The van der Waals surface area contributed by atoms with Crippen molar-refractivity contribution < 1.29 is 4.42 Å². The predicted octanol–water partition coefficient (Wildman–Crippen LogP) is 3.01. The van der Waals surface area contributed by atoms with Crippen molar-refractivity contribution >= 4 is 31.5 Å². The molecule has 0 radical (unpaired) electrons. The zero-order valence-corrected chi connectivity index (χ0v) is 8.01. The first kappa shape index (κ1) is 7.76. The minimum atomic E-state index is -0.288. The molecule has 0 atom stereocenters. The van der Waals surface area contributed by atoms with Crippen LogP contribution < -0.4 is 5.63 Å². The molecule has 0 fully saturated rings. The van der Waals surface area contributed by atoms with E-state index >= 15 is 0 Å². The monoisotopic (exact) mass is 202 g/mol. The summed E-state index contributed by atoms with van der Waals surface area (Å²) < 4.78 is 7.03. The molecule has 0 aliphatic carbocycles. The van der Waals surface area contributed by atoms with Crippen molar-refractivity contribution in [1.82, 2.24) is 0 Å². The van der Waals surface area contributed by atoms with E-state index in [0.29, 0.717) is 0 Å². The quantitative estimate of drug-likeness (QED) is 0.561. The molecule has 0 saturated heterocycles. The van der Waals surface area contributed by atoms with E-state index in [4.69, 9.17) is 4.42 Å². The van der Waals surface area contributed by atoms with Gasteiger partial charge < -0.3 is 4.42 Å². The molecule has 0 unspecified atom stereocenters. The largest absolute Gasteiger partial charge is 0.431 e. The number of hydrogen-bond acceptors (Lipinski definition) is 3. The van der Waals surface area contributed by atoms with Gasteiger partial charge in [-0.1, -0.05) is 18.2 Å². The van der Waals surface area contributed by atoms with Crippen LogP contribution in [0.2, 0.25) is 0 Å². The second kappa shape index (κ2) is 2.69. The fraction of sp³-hybridized carbons (Fsp3) is 0. The van der Waals surface area contributed by atoms with Gasteiger partial charge in [-0.25, -0.2) is 4.79 Å². The molecule has 1 aromatic carbocycles. The summed E-state index contributed by atoms with van der Waals surface area (Å²) in [6.07, 6.45) is 1.54. The van der Waals surface area contributed by atoms with Crippen LogP contribution in [0.4, 0.5) is 0 Å². The van der Waals surface area contributed by atoms with E-state index in [1.165, 1.54) is 11.0 Å². The van der Waals surface area contributed by atoms with Gasteiger partial charge in [-0.3, -0.25) is 0 Å². The van der Waals surface area contributed by atoms with E-state index in [1.54, 1.807) is 17.4 Å². The molecule has 3 rings (SSSR count). The Balaban J connectivity index is 2.63. The van der Waals surface area contributed by atoms with Crippen molar-refractivity contribution in [1.29, 1.82) is 0 Å². The highest BCUT2D eigenvalue weighted by Gasteiger charge is 2.04. The summed E-state index contributed by atoms with van der Waals surface area (Å²) >= 11 is 1.62. The number of rotatable bonds is 0.